The summed E-state index contributed by atoms with van der Waals surface area (Å²) in [6.07, 6.45) is 0.832. The number of anilines is 1. The van der Waals surface area contributed by atoms with Crippen LogP contribution in [0.3, 0.4) is 0 Å². The molecule has 0 saturated heterocycles. The molecule has 0 spiro atoms. The predicted octanol–water partition coefficient (Wildman–Crippen LogP) is 3.79. The molecule has 0 saturated carbocycles. The second-order valence-corrected chi connectivity index (χ2v) is 4.99. The largest absolute Gasteiger partial charge is 0.508 e. The van der Waals surface area contributed by atoms with Crippen molar-refractivity contribution in [3.63, 3.8) is 0 Å². The van der Waals surface area contributed by atoms with Crippen LogP contribution in [0.4, 0.5) is 5.69 Å². The topological polar surface area (TPSA) is 52.5 Å². The molecule has 2 rings (SSSR count). The third-order valence-electron chi connectivity index (χ3n) is 2.84. The molecule has 0 heterocycles. The van der Waals surface area contributed by atoms with Gasteiger partial charge in [-0.15, -0.1) is 0 Å². The molecule has 0 aliphatic heterocycles. The molecule has 100 valence electrons. The zero-order chi connectivity index (χ0) is 13.8. The van der Waals surface area contributed by atoms with Crippen LogP contribution in [0.2, 0.25) is 5.02 Å². The van der Waals surface area contributed by atoms with Gasteiger partial charge in [-0.1, -0.05) is 23.7 Å². The molecule has 0 aliphatic rings. The van der Waals surface area contributed by atoms with Crippen LogP contribution in [0.15, 0.2) is 42.5 Å². The summed E-state index contributed by atoms with van der Waals surface area (Å²) in [4.78, 5) is 0. The first kappa shape index (κ1) is 13.6. The summed E-state index contributed by atoms with van der Waals surface area (Å²) >= 11 is 5.86. The number of hydrogen-bond donors (Lipinski definition) is 3. The van der Waals surface area contributed by atoms with Gasteiger partial charge < -0.3 is 15.5 Å². The standard InChI is InChI=1S/C15H16ClNO2/c1-10(8-11-2-5-13(18)6-3-11)17-12-4-7-15(19)14(16)9-12/h2-7,9-10,17-19H,8H2,1H3. The Hall–Kier alpha value is -1.87. The van der Waals surface area contributed by atoms with Crippen LogP contribution in [-0.4, -0.2) is 16.3 Å². The van der Waals surface area contributed by atoms with Crippen LogP contribution in [0.1, 0.15) is 12.5 Å². The van der Waals surface area contributed by atoms with E-state index < -0.39 is 0 Å². The lowest BCUT2D eigenvalue weighted by Crippen LogP contribution is -2.17. The lowest BCUT2D eigenvalue weighted by atomic mass is 10.1. The fourth-order valence-electron chi connectivity index (χ4n) is 1.92. The van der Waals surface area contributed by atoms with Crippen molar-refractivity contribution < 1.29 is 10.2 Å². The zero-order valence-electron chi connectivity index (χ0n) is 10.6. The molecular formula is C15H16ClNO2. The smallest absolute Gasteiger partial charge is 0.134 e. The molecule has 2 aromatic rings. The van der Waals surface area contributed by atoms with E-state index in [2.05, 4.69) is 12.2 Å². The van der Waals surface area contributed by atoms with Gasteiger partial charge in [-0.2, -0.15) is 0 Å². The second-order valence-electron chi connectivity index (χ2n) is 4.58. The number of halogens is 1. The van der Waals surface area contributed by atoms with Crippen molar-refractivity contribution in [1.82, 2.24) is 0 Å². The van der Waals surface area contributed by atoms with Crippen molar-refractivity contribution in [3.8, 4) is 11.5 Å². The Morgan fingerprint density at radius 3 is 2.42 bits per heavy atom. The Kier molecular flexibility index (Phi) is 4.17. The number of nitrogens with one attached hydrogen (secondary N) is 1. The van der Waals surface area contributed by atoms with E-state index >= 15 is 0 Å². The van der Waals surface area contributed by atoms with Gasteiger partial charge in [0.15, 0.2) is 0 Å². The maximum Gasteiger partial charge on any atom is 0.134 e. The lowest BCUT2D eigenvalue weighted by Gasteiger charge is -2.16. The van der Waals surface area contributed by atoms with Gasteiger partial charge in [0, 0.05) is 11.7 Å². The maximum absolute atomic E-state index is 9.36. The third-order valence-corrected chi connectivity index (χ3v) is 3.14. The SMILES string of the molecule is CC(Cc1ccc(O)cc1)Nc1ccc(O)c(Cl)c1. The Labute approximate surface area is 117 Å². The van der Waals surface area contributed by atoms with E-state index in [1.54, 1.807) is 30.3 Å². The van der Waals surface area contributed by atoms with Crippen LogP contribution in [0.5, 0.6) is 11.5 Å². The van der Waals surface area contributed by atoms with Gasteiger partial charge in [-0.3, -0.25) is 0 Å². The van der Waals surface area contributed by atoms with Crippen molar-refractivity contribution in [1.29, 1.82) is 0 Å². The fraction of sp³-hybridized carbons (Fsp3) is 0.200. The molecule has 3 nitrogen and oxygen atoms in total. The van der Waals surface area contributed by atoms with E-state index in [-0.39, 0.29) is 17.5 Å². The minimum Gasteiger partial charge on any atom is -0.508 e. The minimum atomic E-state index is 0.0819. The summed E-state index contributed by atoms with van der Waals surface area (Å²) in [6, 6.07) is 12.4. The number of benzene rings is 2. The number of rotatable bonds is 4. The first-order valence-corrected chi connectivity index (χ1v) is 6.45. The maximum atomic E-state index is 9.36. The molecule has 19 heavy (non-hydrogen) atoms. The number of phenolic OH excluding ortho intramolecular Hbond substituents is 2. The molecule has 4 heteroatoms. The van der Waals surface area contributed by atoms with Gasteiger partial charge in [0.2, 0.25) is 0 Å². The van der Waals surface area contributed by atoms with E-state index in [4.69, 9.17) is 11.6 Å². The van der Waals surface area contributed by atoms with Crippen LogP contribution < -0.4 is 5.32 Å². The lowest BCUT2D eigenvalue weighted by molar-refractivity contribution is 0.475. The third kappa shape index (κ3) is 3.80. The quantitative estimate of drug-likeness (QED) is 0.745. The second kappa shape index (κ2) is 5.85. The van der Waals surface area contributed by atoms with Crippen LogP contribution in [0.25, 0.3) is 0 Å². The monoisotopic (exact) mass is 277 g/mol. The molecule has 2 aromatic carbocycles. The average molecular weight is 278 g/mol. The molecular weight excluding hydrogens is 262 g/mol. The van der Waals surface area contributed by atoms with Crippen LogP contribution >= 0.6 is 11.6 Å². The van der Waals surface area contributed by atoms with Crippen molar-refractivity contribution in [3.05, 3.63) is 53.1 Å². The Morgan fingerprint density at radius 2 is 1.79 bits per heavy atom. The van der Waals surface area contributed by atoms with E-state index in [0.29, 0.717) is 5.02 Å². The molecule has 0 fully saturated rings. The van der Waals surface area contributed by atoms with E-state index in [9.17, 15) is 10.2 Å². The van der Waals surface area contributed by atoms with Crippen molar-refractivity contribution in [2.45, 2.75) is 19.4 Å². The molecule has 0 radical (unpaired) electrons. The van der Waals surface area contributed by atoms with E-state index in [1.165, 1.54) is 0 Å². The summed E-state index contributed by atoms with van der Waals surface area (Å²) in [6.45, 7) is 2.06. The highest BCUT2D eigenvalue weighted by Gasteiger charge is 2.05. The molecule has 0 aliphatic carbocycles. The Bertz CT molecular complexity index is 555. The normalized spacial score (nSPS) is 12.1. The number of aromatic hydroxyl groups is 2. The van der Waals surface area contributed by atoms with Crippen LogP contribution in [-0.2, 0) is 6.42 Å². The van der Waals surface area contributed by atoms with Gasteiger partial charge >= 0.3 is 0 Å². The van der Waals surface area contributed by atoms with Crippen molar-refractivity contribution >= 4 is 17.3 Å². The summed E-state index contributed by atoms with van der Waals surface area (Å²) < 4.78 is 0. The van der Waals surface area contributed by atoms with Gasteiger partial charge in [0.25, 0.3) is 0 Å². The first-order valence-electron chi connectivity index (χ1n) is 6.07. The minimum absolute atomic E-state index is 0.0819. The molecule has 1 atom stereocenters. The molecule has 0 amide bonds. The summed E-state index contributed by atoms with van der Waals surface area (Å²) in [5, 5.41) is 22.2. The Balaban J connectivity index is 1.98. The summed E-state index contributed by atoms with van der Waals surface area (Å²) in [7, 11) is 0. The van der Waals surface area contributed by atoms with Gasteiger partial charge in [0.05, 0.1) is 5.02 Å². The molecule has 1 unspecified atom stereocenters. The zero-order valence-corrected chi connectivity index (χ0v) is 11.4. The van der Waals surface area contributed by atoms with Gasteiger partial charge in [-0.25, -0.2) is 0 Å². The summed E-state index contributed by atoms with van der Waals surface area (Å²) in [5.74, 6) is 0.355. The fourth-order valence-corrected chi connectivity index (χ4v) is 2.10. The predicted molar refractivity (Wildman–Crippen MR) is 78.0 cm³/mol. The molecule has 0 aromatic heterocycles. The number of hydrogen-bond acceptors (Lipinski definition) is 3. The van der Waals surface area contributed by atoms with E-state index in [0.717, 1.165) is 17.7 Å². The Morgan fingerprint density at radius 1 is 1.11 bits per heavy atom. The van der Waals surface area contributed by atoms with Crippen LogP contribution in [0, 0.1) is 0 Å². The highest BCUT2D eigenvalue weighted by atomic mass is 35.5. The first-order chi connectivity index (χ1) is 9.04. The highest BCUT2D eigenvalue weighted by molar-refractivity contribution is 6.32. The molecule has 3 N–H and O–H groups in total. The van der Waals surface area contributed by atoms with Gasteiger partial charge in [0.1, 0.15) is 11.5 Å². The highest BCUT2D eigenvalue weighted by Crippen LogP contribution is 2.26. The molecule has 0 bridgehead atoms. The number of phenols is 2. The van der Waals surface area contributed by atoms with E-state index in [1.807, 2.05) is 12.1 Å². The van der Waals surface area contributed by atoms with Gasteiger partial charge in [-0.05, 0) is 49.2 Å². The van der Waals surface area contributed by atoms with Crippen molar-refractivity contribution in [2.75, 3.05) is 5.32 Å². The summed E-state index contributed by atoms with van der Waals surface area (Å²) in [5.41, 5.74) is 2.01. The average Bonchev–Trinajstić information content (AvgIpc) is 2.37. The van der Waals surface area contributed by atoms with Crippen molar-refractivity contribution in [2.24, 2.45) is 0 Å².